The van der Waals surface area contributed by atoms with Gasteiger partial charge in [0.25, 0.3) is 0 Å². The van der Waals surface area contributed by atoms with Crippen molar-refractivity contribution in [2.75, 3.05) is 7.05 Å². The fourth-order valence-corrected chi connectivity index (χ4v) is 2.04. The molecular formula is C14H13BrFNO. The standard InChI is InChI=1S/C14H13BrFNO/c1-17-9-10-3-2-4-12(7-10)18-14-6-5-11(16)8-13(14)15/h2-8,17H,9H2,1H3. The summed E-state index contributed by atoms with van der Waals surface area (Å²) in [4.78, 5) is 0. The Labute approximate surface area is 114 Å². The van der Waals surface area contributed by atoms with E-state index >= 15 is 0 Å². The summed E-state index contributed by atoms with van der Waals surface area (Å²) in [6.45, 7) is 0.780. The van der Waals surface area contributed by atoms with Crippen LogP contribution < -0.4 is 10.1 Å². The van der Waals surface area contributed by atoms with Crippen molar-refractivity contribution in [3.8, 4) is 11.5 Å². The lowest BCUT2D eigenvalue weighted by Gasteiger charge is -2.09. The number of hydrogen-bond acceptors (Lipinski definition) is 2. The molecule has 1 N–H and O–H groups in total. The van der Waals surface area contributed by atoms with Gasteiger partial charge in [0.2, 0.25) is 0 Å². The topological polar surface area (TPSA) is 21.3 Å². The molecule has 2 nitrogen and oxygen atoms in total. The summed E-state index contributed by atoms with van der Waals surface area (Å²) in [5.74, 6) is 1.03. The molecule has 0 radical (unpaired) electrons. The minimum Gasteiger partial charge on any atom is -0.456 e. The molecule has 0 aromatic heterocycles. The minimum absolute atomic E-state index is 0.293. The van der Waals surface area contributed by atoms with Crippen LogP contribution in [0.2, 0.25) is 0 Å². The van der Waals surface area contributed by atoms with E-state index < -0.39 is 0 Å². The molecule has 2 aromatic carbocycles. The SMILES string of the molecule is CNCc1cccc(Oc2ccc(F)cc2Br)c1. The molecule has 0 amide bonds. The van der Waals surface area contributed by atoms with E-state index in [1.165, 1.54) is 12.1 Å². The van der Waals surface area contributed by atoms with Gasteiger partial charge in [0.15, 0.2) is 0 Å². The van der Waals surface area contributed by atoms with Gasteiger partial charge in [-0.15, -0.1) is 0 Å². The third-order valence-electron chi connectivity index (χ3n) is 2.40. The van der Waals surface area contributed by atoms with Crippen molar-refractivity contribution in [1.82, 2.24) is 5.32 Å². The van der Waals surface area contributed by atoms with Crippen LogP contribution in [0.3, 0.4) is 0 Å². The van der Waals surface area contributed by atoms with Crippen molar-refractivity contribution in [3.63, 3.8) is 0 Å². The number of rotatable bonds is 4. The Morgan fingerprint density at radius 3 is 2.78 bits per heavy atom. The lowest BCUT2D eigenvalue weighted by atomic mass is 10.2. The fraction of sp³-hybridized carbons (Fsp3) is 0.143. The van der Waals surface area contributed by atoms with E-state index in [9.17, 15) is 4.39 Å². The Morgan fingerprint density at radius 1 is 1.22 bits per heavy atom. The number of hydrogen-bond donors (Lipinski definition) is 1. The zero-order chi connectivity index (χ0) is 13.0. The second-order valence-corrected chi connectivity index (χ2v) is 4.71. The molecule has 2 aromatic rings. The smallest absolute Gasteiger partial charge is 0.141 e. The monoisotopic (exact) mass is 309 g/mol. The van der Waals surface area contributed by atoms with E-state index in [1.807, 2.05) is 31.3 Å². The van der Waals surface area contributed by atoms with Gasteiger partial charge in [-0.2, -0.15) is 0 Å². The van der Waals surface area contributed by atoms with Crippen molar-refractivity contribution >= 4 is 15.9 Å². The molecule has 94 valence electrons. The van der Waals surface area contributed by atoms with Gasteiger partial charge in [0.1, 0.15) is 17.3 Å². The molecule has 0 fully saturated rings. The maximum Gasteiger partial charge on any atom is 0.141 e. The van der Waals surface area contributed by atoms with Gasteiger partial charge in [0.05, 0.1) is 4.47 Å². The van der Waals surface area contributed by atoms with Gasteiger partial charge < -0.3 is 10.1 Å². The molecule has 0 bridgehead atoms. The summed E-state index contributed by atoms with van der Waals surface area (Å²) in [6.07, 6.45) is 0. The van der Waals surface area contributed by atoms with E-state index in [1.54, 1.807) is 6.07 Å². The summed E-state index contributed by atoms with van der Waals surface area (Å²) in [5.41, 5.74) is 1.13. The maximum absolute atomic E-state index is 13.0. The number of halogens is 2. The molecule has 0 atom stereocenters. The normalized spacial score (nSPS) is 10.4. The molecule has 18 heavy (non-hydrogen) atoms. The molecule has 0 saturated heterocycles. The molecule has 0 saturated carbocycles. The second-order valence-electron chi connectivity index (χ2n) is 3.85. The van der Waals surface area contributed by atoms with E-state index in [2.05, 4.69) is 21.2 Å². The zero-order valence-corrected chi connectivity index (χ0v) is 11.5. The average Bonchev–Trinajstić information content (AvgIpc) is 2.34. The highest BCUT2D eigenvalue weighted by Crippen LogP contribution is 2.30. The summed E-state index contributed by atoms with van der Waals surface area (Å²) in [5, 5.41) is 3.08. The first-order valence-corrected chi connectivity index (χ1v) is 6.35. The summed E-state index contributed by atoms with van der Waals surface area (Å²) < 4.78 is 19.3. The number of benzene rings is 2. The van der Waals surface area contributed by atoms with E-state index in [0.717, 1.165) is 17.9 Å². The van der Waals surface area contributed by atoms with Gasteiger partial charge >= 0.3 is 0 Å². The van der Waals surface area contributed by atoms with Crippen molar-refractivity contribution in [2.24, 2.45) is 0 Å². The summed E-state index contributed by atoms with van der Waals surface area (Å²) in [6, 6.07) is 12.1. The first-order chi connectivity index (χ1) is 8.69. The highest BCUT2D eigenvalue weighted by molar-refractivity contribution is 9.10. The van der Waals surface area contributed by atoms with Crippen molar-refractivity contribution in [3.05, 3.63) is 58.3 Å². The predicted molar refractivity (Wildman–Crippen MR) is 73.4 cm³/mol. The van der Waals surface area contributed by atoms with Crippen LogP contribution in [0.15, 0.2) is 46.9 Å². The van der Waals surface area contributed by atoms with Crippen LogP contribution in [-0.4, -0.2) is 7.05 Å². The Balaban J connectivity index is 2.20. The zero-order valence-electron chi connectivity index (χ0n) is 9.91. The molecule has 0 spiro atoms. The van der Waals surface area contributed by atoms with E-state index in [4.69, 9.17) is 4.74 Å². The molecule has 0 aliphatic heterocycles. The van der Waals surface area contributed by atoms with Crippen molar-refractivity contribution in [1.29, 1.82) is 0 Å². The fourth-order valence-electron chi connectivity index (χ4n) is 1.61. The van der Waals surface area contributed by atoms with Crippen molar-refractivity contribution in [2.45, 2.75) is 6.54 Å². The highest BCUT2D eigenvalue weighted by atomic mass is 79.9. The predicted octanol–water partition coefficient (Wildman–Crippen LogP) is 4.10. The van der Waals surface area contributed by atoms with Gasteiger partial charge in [-0.3, -0.25) is 0 Å². The van der Waals surface area contributed by atoms with Crippen LogP contribution in [0.25, 0.3) is 0 Å². The van der Waals surface area contributed by atoms with Crippen LogP contribution >= 0.6 is 15.9 Å². The lowest BCUT2D eigenvalue weighted by Crippen LogP contribution is -2.04. The van der Waals surface area contributed by atoms with Gasteiger partial charge in [-0.1, -0.05) is 12.1 Å². The van der Waals surface area contributed by atoms with Gasteiger partial charge in [-0.05, 0) is 58.9 Å². The van der Waals surface area contributed by atoms with Crippen LogP contribution in [0.5, 0.6) is 11.5 Å². The first kappa shape index (κ1) is 13.1. The Hall–Kier alpha value is -1.39. The van der Waals surface area contributed by atoms with Crippen LogP contribution in [0.4, 0.5) is 4.39 Å². The van der Waals surface area contributed by atoms with E-state index in [0.29, 0.717) is 10.2 Å². The minimum atomic E-state index is -0.293. The van der Waals surface area contributed by atoms with Gasteiger partial charge in [-0.25, -0.2) is 4.39 Å². The average molecular weight is 310 g/mol. The number of ether oxygens (including phenoxy) is 1. The van der Waals surface area contributed by atoms with Crippen LogP contribution in [0, 0.1) is 5.82 Å². The molecule has 2 rings (SSSR count). The lowest BCUT2D eigenvalue weighted by molar-refractivity contribution is 0.476. The highest BCUT2D eigenvalue weighted by Gasteiger charge is 2.04. The third kappa shape index (κ3) is 3.31. The molecule has 0 aliphatic carbocycles. The van der Waals surface area contributed by atoms with E-state index in [-0.39, 0.29) is 5.82 Å². The Bertz CT molecular complexity index is 545. The Morgan fingerprint density at radius 2 is 2.06 bits per heavy atom. The van der Waals surface area contributed by atoms with Gasteiger partial charge in [0, 0.05) is 6.54 Å². The second kappa shape index (κ2) is 5.98. The summed E-state index contributed by atoms with van der Waals surface area (Å²) in [7, 11) is 1.89. The molecule has 0 aliphatic rings. The molecule has 0 unspecified atom stereocenters. The van der Waals surface area contributed by atoms with Crippen LogP contribution in [0.1, 0.15) is 5.56 Å². The first-order valence-electron chi connectivity index (χ1n) is 5.55. The van der Waals surface area contributed by atoms with Crippen LogP contribution in [-0.2, 0) is 6.54 Å². The molecular weight excluding hydrogens is 297 g/mol. The largest absolute Gasteiger partial charge is 0.456 e. The third-order valence-corrected chi connectivity index (χ3v) is 3.02. The molecule has 0 heterocycles. The Kier molecular flexibility index (Phi) is 4.33. The number of nitrogens with one attached hydrogen (secondary N) is 1. The quantitative estimate of drug-likeness (QED) is 0.918. The van der Waals surface area contributed by atoms with Crippen molar-refractivity contribution < 1.29 is 9.13 Å². The maximum atomic E-state index is 13.0. The molecule has 4 heteroatoms. The summed E-state index contributed by atoms with van der Waals surface area (Å²) >= 11 is 3.28.